The van der Waals surface area contributed by atoms with E-state index in [9.17, 15) is 9.18 Å². The van der Waals surface area contributed by atoms with E-state index in [-0.39, 0.29) is 17.0 Å². The van der Waals surface area contributed by atoms with Crippen molar-refractivity contribution in [2.45, 2.75) is 49.4 Å². The molecule has 1 aliphatic rings. The van der Waals surface area contributed by atoms with Crippen molar-refractivity contribution in [3.8, 4) is 5.69 Å². The Morgan fingerprint density at radius 3 is 2.35 bits per heavy atom. The molecule has 0 radical (unpaired) electrons. The van der Waals surface area contributed by atoms with Gasteiger partial charge < -0.3 is 4.90 Å². The minimum absolute atomic E-state index is 0.144. The summed E-state index contributed by atoms with van der Waals surface area (Å²) in [7, 11) is 0. The van der Waals surface area contributed by atoms with Crippen LogP contribution in [0.5, 0.6) is 0 Å². The Labute approximate surface area is 186 Å². The number of carbonyl (C=O) groups excluding carboxylic acids is 1. The Hall–Kier alpha value is -2.67. The molecule has 0 spiro atoms. The van der Waals surface area contributed by atoms with E-state index in [2.05, 4.69) is 10.2 Å². The molecule has 3 aromatic rings. The third-order valence-corrected chi connectivity index (χ3v) is 6.57. The summed E-state index contributed by atoms with van der Waals surface area (Å²) >= 11 is 1.41. The lowest BCUT2D eigenvalue weighted by Gasteiger charge is -2.23. The number of aromatic nitrogens is 3. The van der Waals surface area contributed by atoms with Crippen LogP contribution in [0.15, 0.2) is 59.8 Å². The summed E-state index contributed by atoms with van der Waals surface area (Å²) in [5.41, 5.74) is 1.90. The van der Waals surface area contributed by atoms with E-state index >= 15 is 0 Å². The molecule has 2 aromatic carbocycles. The number of halogens is 1. The number of carbonyl (C=O) groups is 1. The van der Waals surface area contributed by atoms with E-state index in [0.717, 1.165) is 43.0 Å². The summed E-state index contributed by atoms with van der Waals surface area (Å²) in [6.45, 7) is 3.58. The second-order valence-corrected chi connectivity index (χ2v) is 9.18. The maximum absolute atomic E-state index is 13.5. The maximum Gasteiger partial charge on any atom is 0.235 e. The first-order valence-corrected chi connectivity index (χ1v) is 11.7. The zero-order valence-corrected chi connectivity index (χ0v) is 18.5. The van der Waals surface area contributed by atoms with Crippen LogP contribution in [0.25, 0.3) is 5.69 Å². The first-order valence-electron chi connectivity index (χ1n) is 10.8. The number of benzene rings is 2. The third-order valence-electron chi connectivity index (χ3n) is 5.54. The summed E-state index contributed by atoms with van der Waals surface area (Å²) in [6.07, 6.45) is 5.10. The molecule has 1 aliphatic heterocycles. The summed E-state index contributed by atoms with van der Waals surface area (Å²) in [4.78, 5) is 15.0. The fraction of sp³-hybridized carbons (Fsp3) is 0.375. The Morgan fingerprint density at radius 1 is 1.00 bits per heavy atom. The number of hydrogen-bond donors (Lipinski definition) is 0. The molecule has 0 aliphatic carbocycles. The topological polar surface area (TPSA) is 51.0 Å². The lowest BCUT2D eigenvalue weighted by Crippen LogP contribution is -2.37. The molecule has 1 aromatic heterocycles. The first kappa shape index (κ1) is 21.6. The van der Waals surface area contributed by atoms with Crippen LogP contribution in [0.3, 0.4) is 0 Å². The fourth-order valence-corrected chi connectivity index (χ4v) is 4.85. The fourth-order valence-electron chi connectivity index (χ4n) is 3.88. The van der Waals surface area contributed by atoms with Crippen LogP contribution in [0, 0.1) is 5.82 Å². The second kappa shape index (κ2) is 10.1. The van der Waals surface area contributed by atoms with E-state index in [4.69, 9.17) is 0 Å². The molecule has 0 N–H and O–H groups in total. The quantitative estimate of drug-likeness (QED) is 0.515. The van der Waals surface area contributed by atoms with Gasteiger partial charge in [0, 0.05) is 25.2 Å². The average molecular weight is 439 g/mol. The van der Waals surface area contributed by atoms with Gasteiger partial charge in [0.15, 0.2) is 5.16 Å². The summed E-state index contributed by atoms with van der Waals surface area (Å²) in [5.74, 6) is 0.611. The number of rotatable bonds is 6. The van der Waals surface area contributed by atoms with Gasteiger partial charge in [0.25, 0.3) is 0 Å². The Balaban J connectivity index is 1.60. The van der Waals surface area contributed by atoms with Gasteiger partial charge in [-0.3, -0.25) is 9.36 Å². The highest BCUT2D eigenvalue weighted by atomic mass is 32.2. The highest BCUT2D eigenvalue weighted by Crippen LogP contribution is 2.28. The Bertz CT molecular complexity index is 998. The van der Waals surface area contributed by atoms with Crippen molar-refractivity contribution in [2.75, 3.05) is 13.1 Å². The van der Waals surface area contributed by atoms with Gasteiger partial charge in [-0.25, -0.2) is 4.39 Å². The zero-order chi connectivity index (χ0) is 21.6. The SMILES string of the molecule is C[C@@H](Sc1nnc(Cc2ccccc2)n1-c1ccc(F)cc1)C(=O)N1CCCCCC1. The van der Waals surface area contributed by atoms with Crippen LogP contribution < -0.4 is 0 Å². The van der Waals surface area contributed by atoms with Gasteiger partial charge >= 0.3 is 0 Å². The number of hydrogen-bond acceptors (Lipinski definition) is 4. The molecule has 1 saturated heterocycles. The molecule has 0 saturated carbocycles. The predicted octanol–water partition coefficient (Wildman–Crippen LogP) is 4.88. The lowest BCUT2D eigenvalue weighted by atomic mass is 10.1. The highest BCUT2D eigenvalue weighted by molar-refractivity contribution is 8.00. The van der Waals surface area contributed by atoms with Crippen LogP contribution >= 0.6 is 11.8 Å². The standard InChI is InChI=1S/C24H27FN4OS/c1-18(23(30)28-15-7-2-3-8-16-28)31-24-27-26-22(17-19-9-5-4-6-10-19)29(24)21-13-11-20(25)12-14-21/h4-6,9-14,18H,2-3,7-8,15-17H2,1H3/t18-/m1/s1. The molecule has 0 bridgehead atoms. The van der Waals surface area contributed by atoms with Gasteiger partial charge in [-0.2, -0.15) is 0 Å². The largest absolute Gasteiger partial charge is 0.342 e. The molecular weight excluding hydrogens is 411 g/mol. The highest BCUT2D eigenvalue weighted by Gasteiger charge is 2.25. The van der Waals surface area contributed by atoms with E-state index in [0.29, 0.717) is 11.6 Å². The molecular formula is C24H27FN4OS. The molecule has 0 unspecified atom stereocenters. The van der Waals surface area contributed by atoms with Crippen molar-refractivity contribution in [3.63, 3.8) is 0 Å². The van der Waals surface area contributed by atoms with E-state index in [1.165, 1.54) is 36.7 Å². The van der Waals surface area contributed by atoms with Crippen LogP contribution in [-0.2, 0) is 11.2 Å². The van der Waals surface area contributed by atoms with Crippen molar-refractivity contribution in [2.24, 2.45) is 0 Å². The maximum atomic E-state index is 13.5. The summed E-state index contributed by atoms with van der Waals surface area (Å²) < 4.78 is 15.5. The van der Waals surface area contributed by atoms with Crippen LogP contribution in [0.4, 0.5) is 4.39 Å². The van der Waals surface area contributed by atoms with E-state index in [1.54, 1.807) is 12.1 Å². The van der Waals surface area contributed by atoms with Gasteiger partial charge in [-0.05, 0) is 49.6 Å². The van der Waals surface area contributed by atoms with Crippen LogP contribution in [0.1, 0.15) is 44.0 Å². The molecule has 31 heavy (non-hydrogen) atoms. The van der Waals surface area contributed by atoms with Crippen LogP contribution in [-0.4, -0.2) is 43.9 Å². The molecule has 1 atom stereocenters. The normalized spacial score (nSPS) is 15.5. The van der Waals surface area contributed by atoms with Gasteiger partial charge in [0.05, 0.1) is 5.25 Å². The predicted molar refractivity (Wildman–Crippen MR) is 121 cm³/mol. The Morgan fingerprint density at radius 2 is 1.68 bits per heavy atom. The minimum atomic E-state index is -0.291. The monoisotopic (exact) mass is 438 g/mol. The zero-order valence-electron chi connectivity index (χ0n) is 17.7. The minimum Gasteiger partial charge on any atom is -0.342 e. The molecule has 5 nitrogen and oxygen atoms in total. The molecule has 1 amide bonds. The Kier molecular flexibility index (Phi) is 7.02. The number of amides is 1. The van der Waals surface area contributed by atoms with Gasteiger partial charge in [0.2, 0.25) is 5.91 Å². The third kappa shape index (κ3) is 5.34. The lowest BCUT2D eigenvalue weighted by molar-refractivity contribution is -0.130. The first-order chi connectivity index (χ1) is 15.1. The van der Waals surface area contributed by atoms with Crippen molar-refractivity contribution < 1.29 is 9.18 Å². The van der Waals surface area contributed by atoms with E-state index < -0.39 is 0 Å². The number of thioether (sulfide) groups is 1. The summed E-state index contributed by atoms with van der Waals surface area (Å²) in [5, 5.41) is 9.21. The van der Waals surface area contributed by atoms with E-state index in [1.807, 2.05) is 46.7 Å². The van der Waals surface area contributed by atoms with Crippen LogP contribution in [0.2, 0.25) is 0 Å². The molecule has 162 valence electrons. The van der Waals surface area contributed by atoms with Crippen molar-refractivity contribution in [1.29, 1.82) is 0 Å². The van der Waals surface area contributed by atoms with Gasteiger partial charge in [-0.15, -0.1) is 10.2 Å². The number of nitrogens with zero attached hydrogens (tertiary/aromatic N) is 4. The summed E-state index contributed by atoms with van der Waals surface area (Å²) in [6, 6.07) is 16.4. The molecule has 7 heteroatoms. The second-order valence-electron chi connectivity index (χ2n) is 7.87. The van der Waals surface area contributed by atoms with Gasteiger partial charge in [-0.1, -0.05) is 54.9 Å². The van der Waals surface area contributed by atoms with Crippen molar-refractivity contribution in [1.82, 2.24) is 19.7 Å². The molecule has 1 fully saturated rings. The average Bonchev–Trinajstić information content (AvgIpc) is 2.99. The number of likely N-dealkylation sites (tertiary alicyclic amines) is 1. The van der Waals surface area contributed by atoms with Crippen molar-refractivity contribution in [3.05, 3.63) is 71.8 Å². The molecule has 2 heterocycles. The van der Waals surface area contributed by atoms with Gasteiger partial charge in [0.1, 0.15) is 11.6 Å². The molecule has 4 rings (SSSR count). The van der Waals surface area contributed by atoms with Crippen molar-refractivity contribution >= 4 is 17.7 Å². The smallest absolute Gasteiger partial charge is 0.235 e.